The van der Waals surface area contributed by atoms with E-state index in [9.17, 15) is 33.7 Å². The maximum Gasteiger partial charge on any atom is 0.330 e. The molecule has 16 nitrogen and oxygen atoms in total. The summed E-state index contributed by atoms with van der Waals surface area (Å²) < 4.78 is 116. The van der Waals surface area contributed by atoms with Gasteiger partial charge in [-0.2, -0.15) is 21.0 Å². The zero-order valence-corrected chi connectivity index (χ0v) is 27.3. The fraction of sp³-hybridized carbons (Fsp3) is 0.826. The second-order valence-corrected chi connectivity index (χ2v) is 17.8. The highest BCUT2D eigenvalue weighted by molar-refractivity contribution is 8.25. The first kappa shape index (κ1) is 40.6. The minimum absolute atomic E-state index is 0.0259. The van der Waals surface area contributed by atoms with Crippen molar-refractivity contribution in [1.29, 1.82) is 21.0 Å². The SMILES string of the molecule is CCCCCC(C(S(=O)(=O)NCCCC#N)(S(=O)(=O)NCCCC#N)S(=O)(=O)NCCCC#N)S(=O)(=O)NCCCC#N. The zero-order chi connectivity index (χ0) is 33.0. The summed E-state index contributed by atoms with van der Waals surface area (Å²) in [4.78, 5) is 0. The van der Waals surface area contributed by atoms with Gasteiger partial charge in [0.1, 0.15) is 5.25 Å². The lowest BCUT2D eigenvalue weighted by Crippen LogP contribution is -2.71. The van der Waals surface area contributed by atoms with Crippen LogP contribution in [0, 0.1) is 45.3 Å². The second-order valence-electron chi connectivity index (χ2n) is 9.27. The molecule has 0 aromatic rings. The number of nitrogens with zero attached hydrogens (tertiary/aromatic N) is 4. The summed E-state index contributed by atoms with van der Waals surface area (Å²) in [7, 11) is -22.1. The highest BCUT2D eigenvalue weighted by atomic mass is 32.3. The van der Waals surface area contributed by atoms with E-state index in [0.29, 0.717) is 12.8 Å². The van der Waals surface area contributed by atoms with Gasteiger partial charge in [0, 0.05) is 51.9 Å². The molecule has 0 aliphatic rings. The summed E-state index contributed by atoms with van der Waals surface area (Å²) in [6.07, 6.45) is -1.05. The van der Waals surface area contributed by atoms with Crippen molar-refractivity contribution in [3.05, 3.63) is 0 Å². The number of nitrogens with one attached hydrogen (secondary N) is 4. The molecule has 1 atom stereocenters. The van der Waals surface area contributed by atoms with Crippen LogP contribution < -0.4 is 18.9 Å². The Morgan fingerprint density at radius 1 is 0.535 bits per heavy atom. The first-order valence-electron chi connectivity index (χ1n) is 13.6. The van der Waals surface area contributed by atoms with E-state index in [4.69, 9.17) is 21.0 Å². The molecule has 43 heavy (non-hydrogen) atoms. The van der Waals surface area contributed by atoms with Crippen molar-refractivity contribution >= 4 is 40.1 Å². The van der Waals surface area contributed by atoms with Crippen molar-refractivity contribution in [2.75, 3.05) is 26.2 Å². The van der Waals surface area contributed by atoms with Gasteiger partial charge in [-0.3, -0.25) is 0 Å². The third kappa shape index (κ3) is 11.6. The molecule has 0 rings (SSSR count). The van der Waals surface area contributed by atoms with Gasteiger partial charge in [-0.1, -0.05) is 26.2 Å². The molecule has 0 saturated heterocycles. The summed E-state index contributed by atoms with van der Waals surface area (Å²) in [6, 6.07) is 7.12. The Morgan fingerprint density at radius 2 is 0.860 bits per heavy atom. The summed E-state index contributed by atoms with van der Waals surface area (Å²) in [5.74, 6) is 0. The third-order valence-corrected chi connectivity index (χ3v) is 17.2. The van der Waals surface area contributed by atoms with E-state index < -0.39 is 81.4 Å². The number of hydrogen-bond acceptors (Lipinski definition) is 12. The molecule has 0 bridgehead atoms. The van der Waals surface area contributed by atoms with Crippen LogP contribution in [0.4, 0.5) is 0 Å². The number of sulfonamides is 4. The average Bonchev–Trinajstić information content (AvgIpc) is 2.93. The predicted octanol–water partition coefficient (Wildman–Crippen LogP) is 0.482. The lowest BCUT2D eigenvalue weighted by molar-refractivity contribution is 0.493. The topological polar surface area (TPSA) is 280 Å². The van der Waals surface area contributed by atoms with Crippen LogP contribution in [0.5, 0.6) is 0 Å². The second kappa shape index (κ2) is 19.8. The molecular weight excluding hydrogens is 645 g/mol. The molecule has 0 heterocycles. The van der Waals surface area contributed by atoms with Crippen LogP contribution in [0.15, 0.2) is 0 Å². The van der Waals surface area contributed by atoms with Gasteiger partial charge < -0.3 is 0 Å². The van der Waals surface area contributed by atoms with Crippen molar-refractivity contribution in [3.63, 3.8) is 0 Å². The molecule has 0 amide bonds. The molecule has 0 aromatic carbocycles. The Labute approximate surface area is 256 Å². The van der Waals surface area contributed by atoms with Gasteiger partial charge in [0.25, 0.3) is 30.1 Å². The average molecular weight is 685 g/mol. The van der Waals surface area contributed by atoms with Crippen LogP contribution in [0.1, 0.15) is 84.0 Å². The first-order valence-corrected chi connectivity index (χ1v) is 19.6. The lowest BCUT2D eigenvalue weighted by atomic mass is 10.2. The van der Waals surface area contributed by atoms with Gasteiger partial charge >= 0.3 is 3.41 Å². The molecule has 0 saturated carbocycles. The summed E-state index contributed by atoms with van der Waals surface area (Å²) in [5, 5.41) is 32.7. The van der Waals surface area contributed by atoms with Crippen LogP contribution >= 0.6 is 0 Å². The van der Waals surface area contributed by atoms with Crippen LogP contribution in [0.2, 0.25) is 0 Å². The fourth-order valence-corrected chi connectivity index (χ4v) is 15.5. The lowest BCUT2D eigenvalue weighted by Gasteiger charge is -2.38. The zero-order valence-electron chi connectivity index (χ0n) is 24.1. The standard InChI is InChI=1S/C23H40N8O8S4/c1-2-3-4-13-22(40(32,33)28-18-9-5-14-24)23(41(34,35)29-19-10-6-15-25,42(36,37)30-20-11-7-16-26)43(38,39)31-21-12-8-17-27/h22,28-31H,2-13,18-21H2,1H3. The van der Waals surface area contributed by atoms with E-state index in [1.807, 2.05) is 20.2 Å². The maximum atomic E-state index is 14.1. The van der Waals surface area contributed by atoms with Crippen molar-refractivity contribution in [1.82, 2.24) is 18.9 Å². The summed E-state index contributed by atoms with van der Waals surface area (Å²) in [6.45, 7) is -0.406. The molecular formula is C23H40N8O8S4. The van der Waals surface area contributed by atoms with Gasteiger partial charge in [0.15, 0.2) is 0 Å². The number of unbranched alkanes of at least 4 members (excludes halogenated alkanes) is 6. The quantitative estimate of drug-likeness (QED) is 0.0956. The van der Waals surface area contributed by atoms with E-state index in [1.165, 1.54) is 0 Å². The molecule has 0 spiro atoms. The minimum Gasteiger partial charge on any atom is -0.215 e. The van der Waals surface area contributed by atoms with Crippen molar-refractivity contribution in [3.8, 4) is 24.3 Å². The normalized spacial score (nSPS) is 13.3. The monoisotopic (exact) mass is 684 g/mol. The van der Waals surface area contributed by atoms with Crippen LogP contribution in [0.25, 0.3) is 0 Å². The van der Waals surface area contributed by atoms with Gasteiger partial charge in [0.05, 0.1) is 24.3 Å². The van der Waals surface area contributed by atoms with Crippen LogP contribution in [-0.2, 0) is 40.1 Å². The van der Waals surface area contributed by atoms with Gasteiger partial charge in [-0.15, -0.1) is 0 Å². The Bertz CT molecular complexity index is 1340. The molecule has 20 heteroatoms. The van der Waals surface area contributed by atoms with E-state index in [0.717, 1.165) is 0 Å². The molecule has 0 fully saturated rings. The predicted molar refractivity (Wildman–Crippen MR) is 158 cm³/mol. The number of hydrogen-bond donors (Lipinski definition) is 4. The Morgan fingerprint density at radius 3 is 1.16 bits per heavy atom. The van der Waals surface area contributed by atoms with Crippen LogP contribution in [-0.4, -0.2) is 68.5 Å². The van der Waals surface area contributed by atoms with E-state index in [2.05, 4.69) is 4.72 Å². The van der Waals surface area contributed by atoms with E-state index in [-0.39, 0.29) is 57.8 Å². The molecule has 0 radical (unpaired) electrons. The first-order chi connectivity index (χ1) is 20.2. The molecule has 4 N–H and O–H groups in total. The van der Waals surface area contributed by atoms with Crippen molar-refractivity contribution < 1.29 is 33.7 Å². The van der Waals surface area contributed by atoms with E-state index in [1.54, 1.807) is 25.1 Å². The van der Waals surface area contributed by atoms with Crippen molar-refractivity contribution in [2.24, 2.45) is 0 Å². The van der Waals surface area contributed by atoms with Gasteiger partial charge in [0.2, 0.25) is 10.0 Å². The van der Waals surface area contributed by atoms with Crippen molar-refractivity contribution in [2.45, 2.75) is 92.6 Å². The molecule has 0 aliphatic heterocycles. The highest BCUT2D eigenvalue weighted by Crippen LogP contribution is 2.39. The highest BCUT2D eigenvalue weighted by Gasteiger charge is 2.72. The summed E-state index contributed by atoms with van der Waals surface area (Å²) in [5.41, 5.74) is 0. The van der Waals surface area contributed by atoms with Crippen LogP contribution in [0.3, 0.4) is 0 Å². The minimum atomic E-state index is -5.68. The largest absolute Gasteiger partial charge is 0.330 e. The Balaban J connectivity index is 7.71. The maximum absolute atomic E-state index is 14.1. The molecule has 244 valence electrons. The smallest absolute Gasteiger partial charge is 0.215 e. The Hall–Kier alpha value is -2.40. The number of nitriles is 4. The summed E-state index contributed by atoms with van der Waals surface area (Å²) >= 11 is 0. The Kier molecular flexibility index (Phi) is 18.7. The fourth-order valence-electron chi connectivity index (χ4n) is 3.96. The van der Waals surface area contributed by atoms with Gasteiger partial charge in [-0.05, 0) is 32.1 Å². The van der Waals surface area contributed by atoms with E-state index >= 15 is 0 Å². The third-order valence-electron chi connectivity index (χ3n) is 6.00. The molecule has 0 aliphatic carbocycles. The molecule has 0 aromatic heterocycles. The van der Waals surface area contributed by atoms with Gasteiger partial charge in [-0.25, -0.2) is 52.6 Å². The number of rotatable bonds is 25. The molecule has 1 unspecified atom stereocenters.